The Bertz CT molecular complexity index is 608. The number of ether oxygens (including phenoxy) is 1. The van der Waals surface area contributed by atoms with E-state index in [0.717, 1.165) is 6.42 Å². The molecule has 0 bridgehead atoms. The van der Waals surface area contributed by atoms with Gasteiger partial charge >= 0.3 is 11.8 Å². The number of carbonyl (C=O) groups is 1. The van der Waals surface area contributed by atoms with Gasteiger partial charge in [-0.1, -0.05) is 26.0 Å². The lowest BCUT2D eigenvalue weighted by molar-refractivity contribution is 0.0918. The van der Waals surface area contributed by atoms with Gasteiger partial charge in [0, 0.05) is 6.54 Å². The van der Waals surface area contributed by atoms with Gasteiger partial charge in [-0.05, 0) is 24.5 Å². The van der Waals surface area contributed by atoms with Gasteiger partial charge in [0.25, 0.3) is 5.89 Å². The van der Waals surface area contributed by atoms with Crippen LogP contribution in [0.5, 0.6) is 5.75 Å². The van der Waals surface area contributed by atoms with Crippen molar-refractivity contribution in [3.63, 3.8) is 0 Å². The molecule has 0 fully saturated rings. The molecule has 6 heteroatoms. The van der Waals surface area contributed by atoms with Crippen LogP contribution in [0.25, 0.3) is 11.5 Å². The summed E-state index contributed by atoms with van der Waals surface area (Å²) in [4.78, 5) is 11.9. The van der Waals surface area contributed by atoms with E-state index in [4.69, 9.17) is 9.15 Å². The summed E-state index contributed by atoms with van der Waals surface area (Å²) in [6.07, 6.45) is 0.902. The summed E-state index contributed by atoms with van der Waals surface area (Å²) < 4.78 is 10.6. The molecule has 0 radical (unpaired) electrons. The molecule has 0 atom stereocenters. The highest BCUT2D eigenvalue weighted by Gasteiger charge is 2.17. The smallest absolute Gasteiger partial charge is 0.308 e. The third kappa shape index (κ3) is 3.81. The second-order valence-electron chi connectivity index (χ2n) is 5.05. The van der Waals surface area contributed by atoms with Crippen LogP contribution in [0.15, 0.2) is 28.7 Å². The molecule has 0 spiro atoms. The molecule has 112 valence electrons. The molecule has 1 amide bonds. The molecule has 1 aromatic carbocycles. The fourth-order valence-electron chi connectivity index (χ4n) is 1.80. The van der Waals surface area contributed by atoms with E-state index in [9.17, 15) is 4.79 Å². The molecular formula is C15H19N3O3. The van der Waals surface area contributed by atoms with Crippen molar-refractivity contribution >= 4 is 5.91 Å². The van der Waals surface area contributed by atoms with Gasteiger partial charge in [-0.15, -0.1) is 10.2 Å². The van der Waals surface area contributed by atoms with Gasteiger partial charge in [0.15, 0.2) is 0 Å². The maximum absolute atomic E-state index is 11.9. The number of hydrogen-bond donors (Lipinski definition) is 1. The topological polar surface area (TPSA) is 77.2 Å². The molecule has 1 aromatic heterocycles. The Morgan fingerprint density at radius 3 is 2.81 bits per heavy atom. The van der Waals surface area contributed by atoms with Crippen LogP contribution in [0, 0.1) is 5.92 Å². The van der Waals surface area contributed by atoms with Crippen LogP contribution in [0.3, 0.4) is 0 Å². The van der Waals surface area contributed by atoms with Crippen molar-refractivity contribution in [2.24, 2.45) is 5.92 Å². The third-order valence-corrected chi connectivity index (χ3v) is 2.96. The first kappa shape index (κ1) is 15.0. The number of hydrogen-bond acceptors (Lipinski definition) is 5. The number of para-hydroxylation sites is 1. The molecule has 0 aliphatic heterocycles. The van der Waals surface area contributed by atoms with Crippen LogP contribution in [-0.4, -0.2) is 29.8 Å². The number of aromatic nitrogens is 2. The zero-order chi connectivity index (χ0) is 15.2. The van der Waals surface area contributed by atoms with Gasteiger partial charge in [-0.3, -0.25) is 4.79 Å². The molecule has 0 aliphatic carbocycles. The molecule has 1 heterocycles. The Balaban J connectivity index is 2.09. The maximum atomic E-state index is 11.9. The van der Waals surface area contributed by atoms with Gasteiger partial charge in [0.1, 0.15) is 5.75 Å². The van der Waals surface area contributed by atoms with E-state index in [1.165, 1.54) is 0 Å². The average Bonchev–Trinajstić information content (AvgIpc) is 2.96. The van der Waals surface area contributed by atoms with Crippen LogP contribution in [0.2, 0.25) is 0 Å². The standard InChI is InChI=1S/C15H19N3O3/c1-10(2)8-9-16-13(19)15-18-17-14(21-15)11-6-4-5-7-12(11)20-3/h4-7,10H,8-9H2,1-3H3,(H,16,19). The summed E-state index contributed by atoms with van der Waals surface area (Å²) >= 11 is 0. The van der Waals surface area contributed by atoms with Crippen molar-refractivity contribution in [3.05, 3.63) is 30.2 Å². The first-order valence-corrected chi connectivity index (χ1v) is 6.87. The summed E-state index contributed by atoms with van der Waals surface area (Å²) in [5, 5.41) is 10.4. The summed E-state index contributed by atoms with van der Waals surface area (Å²) in [5.74, 6) is 1.01. The second kappa shape index (κ2) is 6.88. The van der Waals surface area contributed by atoms with E-state index in [0.29, 0.717) is 23.8 Å². The van der Waals surface area contributed by atoms with Crippen molar-refractivity contribution in [2.75, 3.05) is 13.7 Å². The highest BCUT2D eigenvalue weighted by molar-refractivity contribution is 5.89. The minimum Gasteiger partial charge on any atom is -0.496 e. The van der Waals surface area contributed by atoms with E-state index >= 15 is 0 Å². The zero-order valence-electron chi connectivity index (χ0n) is 12.4. The number of nitrogens with zero attached hydrogens (tertiary/aromatic N) is 2. The summed E-state index contributed by atoms with van der Waals surface area (Å²) in [6, 6.07) is 7.28. The Morgan fingerprint density at radius 2 is 2.10 bits per heavy atom. The highest BCUT2D eigenvalue weighted by Crippen LogP contribution is 2.28. The number of amides is 1. The van der Waals surface area contributed by atoms with E-state index in [1.807, 2.05) is 12.1 Å². The molecule has 2 rings (SSSR count). The van der Waals surface area contributed by atoms with Gasteiger partial charge in [-0.25, -0.2) is 0 Å². The fourth-order valence-corrected chi connectivity index (χ4v) is 1.80. The van der Waals surface area contributed by atoms with Crippen molar-refractivity contribution in [2.45, 2.75) is 20.3 Å². The van der Waals surface area contributed by atoms with Crippen molar-refractivity contribution < 1.29 is 13.9 Å². The van der Waals surface area contributed by atoms with Crippen LogP contribution < -0.4 is 10.1 Å². The molecular weight excluding hydrogens is 270 g/mol. The lowest BCUT2D eigenvalue weighted by atomic mass is 10.1. The quantitative estimate of drug-likeness (QED) is 0.884. The van der Waals surface area contributed by atoms with Gasteiger partial charge in [-0.2, -0.15) is 0 Å². The molecule has 0 saturated heterocycles. The average molecular weight is 289 g/mol. The summed E-state index contributed by atoms with van der Waals surface area (Å²) in [7, 11) is 1.56. The van der Waals surface area contributed by atoms with Crippen LogP contribution in [0.1, 0.15) is 31.0 Å². The third-order valence-electron chi connectivity index (χ3n) is 2.96. The summed E-state index contributed by atoms with van der Waals surface area (Å²) in [6.45, 7) is 4.78. The fraction of sp³-hybridized carbons (Fsp3) is 0.400. The van der Waals surface area contributed by atoms with E-state index < -0.39 is 0 Å². The molecule has 2 aromatic rings. The van der Waals surface area contributed by atoms with E-state index in [-0.39, 0.29) is 17.7 Å². The zero-order valence-corrected chi connectivity index (χ0v) is 12.4. The molecule has 21 heavy (non-hydrogen) atoms. The number of rotatable bonds is 6. The maximum Gasteiger partial charge on any atom is 0.308 e. The first-order chi connectivity index (χ1) is 10.1. The Hall–Kier alpha value is -2.37. The number of methoxy groups -OCH3 is 1. The van der Waals surface area contributed by atoms with Crippen molar-refractivity contribution in [1.82, 2.24) is 15.5 Å². The largest absolute Gasteiger partial charge is 0.496 e. The van der Waals surface area contributed by atoms with E-state index in [2.05, 4.69) is 29.4 Å². The van der Waals surface area contributed by atoms with E-state index in [1.54, 1.807) is 19.2 Å². The lowest BCUT2D eigenvalue weighted by Crippen LogP contribution is -2.25. The monoisotopic (exact) mass is 289 g/mol. The van der Waals surface area contributed by atoms with Crippen LogP contribution in [-0.2, 0) is 0 Å². The van der Waals surface area contributed by atoms with Crippen molar-refractivity contribution in [1.29, 1.82) is 0 Å². The SMILES string of the molecule is COc1ccccc1-c1nnc(C(=O)NCCC(C)C)o1. The number of carbonyl (C=O) groups excluding carboxylic acids is 1. The molecule has 0 aliphatic rings. The molecule has 6 nitrogen and oxygen atoms in total. The molecule has 1 N–H and O–H groups in total. The number of benzene rings is 1. The predicted octanol–water partition coefficient (Wildman–Crippen LogP) is 2.52. The molecule has 0 saturated carbocycles. The lowest BCUT2D eigenvalue weighted by Gasteiger charge is -2.04. The Kier molecular flexibility index (Phi) is 4.92. The summed E-state index contributed by atoms with van der Waals surface area (Å²) in [5.41, 5.74) is 0.661. The predicted molar refractivity (Wildman–Crippen MR) is 78.1 cm³/mol. The van der Waals surface area contributed by atoms with Gasteiger partial charge in [0.2, 0.25) is 0 Å². The minimum absolute atomic E-state index is 0.0420. The highest BCUT2D eigenvalue weighted by atomic mass is 16.5. The second-order valence-corrected chi connectivity index (χ2v) is 5.05. The Labute approximate surface area is 123 Å². The molecule has 0 unspecified atom stereocenters. The normalized spacial score (nSPS) is 10.7. The van der Waals surface area contributed by atoms with Gasteiger partial charge in [0.05, 0.1) is 12.7 Å². The van der Waals surface area contributed by atoms with Gasteiger partial charge < -0.3 is 14.5 Å². The number of nitrogens with one attached hydrogen (secondary N) is 1. The van der Waals surface area contributed by atoms with Crippen LogP contribution >= 0.6 is 0 Å². The first-order valence-electron chi connectivity index (χ1n) is 6.87. The minimum atomic E-state index is -0.357. The Morgan fingerprint density at radius 1 is 1.33 bits per heavy atom. The van der Waals surface area contributed by atoms with Crippen LogP contribution in [0.4, 0.5) is 0 Å². The van der Waals surface area contributed by atoms with Crippen molar-refractivity contribution in [3.8, 4) is 17.2 Å².